The topological polar surface area (TPSA) is 57.5 Å². The van der Waals surface area contributed by atoms with Crippen molar-refractivity contribution in [3.8, 4) is 0 Å². The Kier molecular flexibility index (Phi) is 8.35. The molecule has 0 fully saturated rings. The SMILES string of the molecule is CCC(O)C(=O)O.[Ca]. The van der Waals surface area contributed by atoms with E-state index >= 15 is 0 Å². The molecule has 0 saturated heterocycles. The first-order valence-electron chi connectivity index (χ1n) is 2.09. The van der Waals surface area contributed by atoms with E-state index in [4.69, 9.17) is 10.2 Å². The molecule has 0 spiro atoms. The van der Waals surface area contributed by atoms with Crippen LogP contribution in [0.2, 0.25) is 0 Å². The van der Waals surface area contributed by atoms with Crippen molar-refractivity contribution < 1.29 is 15.0 Å². The van der Waals surface area contributed by atoms with Crippen LogP contribution in [0.15, 0.2) is 0 Å². The maximum atomic E-state index is 9.68. The molecule has 1 atom stereocenters. The standard InChI is InChI=1S/C4H8O3.Ca/c1-2-3(5)4(6)7;/h3,5H,2H2,1H3,(H,6,7);. The number of aliphatic hydroxyl groups excluding tert-OH is 1. The van der Waals surface area contributed by atoms with Crippen molar-refractivity contribution >= 4 is 43.7 Å². The zero-order valence-corrected chi connectivity index (χ0v) is 7.00. The Balaban J connectivity index is 0. The van der Waals surface area contributed by atoms with Crippen molar-refractivity contribution in [2.45, 2.75) is 19.4 Å². The normalized spacial score (nSPS) is 11.8. The summed E-state index contributed by atoms with van der Waals surface area (Å²) in [6, 6.07) is 0. The minimum atomic E-state index is -1.18. The summed E-state index contributed by atoms with van der Waals surface area (Å²) in [7, 11) is 0. The van der Waals surface area contributed by atoms with Gasteiger partial charge in [-0.1, -0.05) is 6.92 Å². The van der Waals surface area contributed by atoms with Crippen LogP contribution in [0.3, 0.4) is 0 Å². The van der Waals surface area contributed by atoms with E-state index in [0.29, 0.717) is 0 Å². The second kappa shape index (κ2) is 5.82. The van der Waals surface area contributed by atoms with Gasteiger partial charge in [0.2, 0.25) is 0 Å². The Labute approximate surface area is 77.7 Å². The third-order valence-electron chi connectivity index (χ3n) is 0.672. The fraction of sp³-hybridized carbons (Fsp3) is 0.750. The summed E-state index contributed by atoms with van der Waals surface area (Å²) in [6.07, 6.45) is -0.907. The Hall–Kier alpha value is 0.690. The molecule has 2 N–H and O–H groups in total. The second-order valence-electron chi connectivity index (χ2n) is 1.26. The van der Waals surface area contributed by atoms with Gasteiger partial charge in [0.05, 0.1) is 0 Å². The van der Waals surface area contributed by atoms with Crippen LogP contribution in [-0.2, 0) is 4.79 Å². The van der Waals surface area contributed by atoms with Crippen LogP contribution in [0.25, 0.3) is 0 Å². The molecule has 4 heteroatoms. The number of aliphatic hydroxyl groups is 1. The van der Waals surface area contributed by atoms with E-state index in [-0.39, 0.29) is 44.2 Å². The first-order valence-corrected chi connectivity index (χ1v) is 2.09. The zero-order chi connectivity index (χ0) is 5.86. The molecule has 0 aliphatic heterocycles. The molecule has 44 valence electrons. The summed E-state index contributed by atoms with van der Waals surface area (Å²) >= 11 is 0. The molecule has 8 heavy (non-hydrogen) atoms. The molecule has 0 amide bonds. The first kappa shape index (κ1) is 11.5. The van der Waals surface area contributed by atoms with Crippen LogP contribution < -0.4 is 0 Å². The minimum Gasteiger partial charge on any atom is -0.479 e. The van der Waals surface area contributed by atoms with Gasteiger partial charge >= 0.3 is 5.97 Å². The Morgan fingerprint density at radius 3 is 2.12 bits per heavy atom. The van der Waals surface area contributed by atoms with Crippen molar-refractivity contribution in [2.75, 3.05) is 0 Å². The van der Waals surface area contributed by atoms with Crippen LogP contribution in [-0.4, -0.2) is 60.0 Å². The van der Waals surface area contributed by atoms with Gasteiger partial charge < -0.3 is 10.2 Å². The third kappa shape index (κ3) is 4.84. The largest absolute Gasteiger partial charge is 0.479 e. The Morgan fingerprint density at radius 2 is 2.12 bits per heavy atom. The minimum absolute atomic E-state index is 0. The predicted molar refractivity (Wildman–Crippen MR) is 29.7 cm³/mol. The average molecular weight is 144 g/mol. The molecule has 0 aliphatic rings. The van der Waals surface area contributed by atoms with E-state index in [2.05, 4.69) is 0 Å². The van der Waals surface area contributed by atoms with Gasteiger partial charge in [0.15, 0.2) is 6.10 Å². The molecule has 0 rings (SSSR count). The summed E-state index contributed by atoms with van der Waals surface area (Å²) < 4.78 is 0. The molecule has 0 bridgehead atoms. The summed E-state index contributed by atoms with van der Waals surface area (Å²) in [5.74, 6) is -1.15. The number of hydrogen-bond acceptors (Lipinski definition) is 2. The molecule has 1 unspecified atom stereocenters. The quantitative estimate of drug-likeness (QED) is 0.512. The number of hydrogen-bond donors (Lipinski definition) is 2. The number of carboxylic acids is 1. The van der Waals surface area contributed by atoms with Gasteiger partial charge in [-0.25, -0.2) is 4.79 Å². The summed E-state index contributed by atoms with van der Waals surface area (Å²) in [4.78, 5) is 9.68. The van der Waals surface area contributed by atoms with E-state index in [9.17, 15) is 4.79 Å². The first-order chi connectivity index (χ1) is 3.18. The van der Waals surface area contributed by atoms with Gasteiger partial charge in [0.1, 0.15) is 0 Å². The molecular weight excluding hydrogens is 136 g/mol. The van der Waals surface area contributed by atoms with Gasteiger partial charge in [-0.05, 0) is 6.42 Å². The maximum Gasteiger partial charge on any atom is 0.332 e. The van der Waals surface area contributed by atoms with Crippen LogP contribution >= 0.6 is 0 Å². The van der Waals surface area contributed by atoms with Crippen LogP contribution in [0.4, 0.5) is 0 Å². The number of carboxylic acid groups (broad SMARTS) is 1. The molecule has 0 aliphatic carbocycles. The van der Waals surface area contributed by atoms with Gasteiger partial charge in [-0.15, -0.1) is 0 Å². The Morgan fingerprint density at radius 1 is 1.75 bits per heavy atom. The molecule has 0 aromatic heterocycles. The monoisotopic (exact) mass is 144 g/mol. The van der Waals surface area contributed by atoms with E-state index < -0.39 is 12.1 Å². The molecular formula is C4H8CaO3. The molecule has 3 nitrogen and oxygen atoms in total. The molecule has 0 aromatic rings. The number of rotatable bonds is 2. The van der Waals surface area contributed by atoms with Crippen LogP contribution in [0.5, 0.6) is 0 Å². The van der Waals surface area contributed by atoms with Crippen molar-refractivity contribution in [3.05, 3.63) is 0 Å². The molecule has 0 saturated carbocycles. The van der Waals surface area contributed by atoms with Gasteiger partial charge in [-0.2, -0.15) is 0 Å². The van der Waals surface area contributed by atoms with E-state index in [1.807, 2.05) is 0 Å². The van der Waals surface area contributed by atoms with Crippen LogP contribution in [0.1, 0.15) is 13.3 Å². The van der Waals surface area contributed by atoms with Gasteiger partial charge in [0, 0.05) is 37.7 Å². The van der Waals surface area contributed by atoms with Crippen molar-refractivity contribution in [1.29, 1.82) is 0 Å². The van der Waals surface area contributed by atoms with E-state index in [0.717, 1.165) is 0 Å². The van der Waals surface area contributed by atoms with Crippen LogP contribution in [0, 0.1) is 0 Å². The van der Waals surface area contributed by atoms with Crippen molar-refractivity contribution in [2.24, 2.45) is 0 Å². The molecule has 0 heterocycles. The Bertz CT molecular complexity index is 73.7. The van der Waals surface area contributed by atoms with Crippen molar-refractivity contribution in [3.63, 3.8) is 0 Å². The van der Waals surface area contributed by atoms with Gasteiger partial charge in [0.25, 0.3) is 0 Å². The average Bonchev–Trinajstić information content (AvgIpc) is 1.65. The van der Waals surface area contributed by atoms with Gasteiger partial charge in [-0.3, -0.25) is 0 Å². The summed E-state index contributed by atoms with van der Waals surface area (Å²) in [6.45, 7) is 1.61. The fourth-order valence-electron chi connectivity index (χ4n) is 0.175. The molecule has 2 radical (unpaired) electrons. The predicted octanol–water partition coefficient (Wildman–Crippen LogP) is -0.539. The number of aliphatic carboxylic acids is 1. The van der Waals surface area contributed by atoms with E-state index in [1.54, 1.807) is 6.92 Å². The zero-order valence-electron chi connectivity index (χ0n) is 4.79. The smallest absolute Gasteiger partial charge is 0.332 e. The summed E-state index contributed by atoms with van der Waals surface area (Å²) in [5.41, 5.74) is 0. The fourth-order valence-corrected chi connectivity index (χ4v) is 0.175. The third-order valence-corrected chi connectivity index (χ3v) is 0.672. The number of carbonyl (C=O) groups is 1. The maximum absolute atomic E-state index is 9.68. The van der Waals surface area contributed by atoms with Crippen molar-refractivity contribution in [1.82, 2.24) is 0 Å². The van der Waals surface area contributed by atoms with E-state index in [1.165, 1.54) is 0 Å². The second-order valence-corrected chi connectivity index (χ2v) is 1.26. The summed E-state index contributed by atoms with van der Waals surface area (Å²) in [5, 5.41) is 16.3. The molecule has 0 aromatic carbocycles.